The van der Waals surface area contributed by atoms with Gasteiger partial charge in [0.05, 0.1) is 25.1 Å². The molecule has 1 fully saturated rings. The maximum absolute atomic E-state index is 14.1. The number of ether oxygens (including phenoxy) is 3. The van der Waals surface area contributed by atoms with Crippen LogP contribution in [-0.4, -0.2) is 67.0 Å². The van der Waals surface area contributed by atoms with E-state index in [0.29, 0.717) is 17.0 Å². The van der Waals surface area contributed by atoms with Crippen molar-refractivity contribution >= 4 is 23.5 Å². The van der Waals surface area contributed by atoms with Crippen molar-refractivity contribution in [2.75, 3.05) is 31.6 Å². The number of carboxylic acids is 1. The van der Waals surface area contributed by atoms with Crippen LogP contribution >= 0.6 is 0 Å². The van der Waals surface area contributed by atoms with E-state index in [0.717, 1.165) is 0 Å². The summed E-state index contributed by atoms with van der Waals surface area (Å²) in [6.45, 7) is 6.47. The highest BCUT2D eigenvalue weighted by Crippen LogP contribution is 2.44. The number of hydrogen-bond donors (Lipinski definition) is 1. The number of anilines is 1. The van der Waals surface area contributed by atoms with Gasteiger partial charge in [-0.15, -0.1) is 13.2 Å². The monoisotopic (exact) mass is 592 g/mol. The van der Waals surface area contributed by atoms with Crippen molar-refractivity contribution < 1.29 is 46.9 Å². The van der Waals surface area contributed by atoms with Gasteiger partial charge in [-0.05, 0) is 42.5 Å². The summed E-state index contributed by atoms with van der Waals surface area (Å²) in [4.78, 5) is 41.9. The van der Waals surface area contributed by atoms with Crippen LogP contribution in [0.1, 0.15) is 57.3 Å². The van der Waals surface area contributed by atoms with Crippen LogP contribution in [-0.2, 0) is 19.1 Å². The smallest absolute Gasteiger partial charge is 0.497 e. The Balaban J connectivity index is 1.78. The van der Waals surface area contributed by atoms with Crippen LogP contribution in [0.2, 0.25) is 0 Å². The third kappa shape index (κ3) is 7.33. The molecule has 4 rings (SSSR count). The Bertz CT molecular complexity index is 1320. The highest BCUT2D eigenvalue weighted by Gasteiger charge is 2.42. The predicted molar refractivity (Wildman–Crippen MR) is 146 cm³/mol. The summed E-state index contributed by atoms with van der Waals surface area (Å²) in [6, 6.07) is 10.4. The summed E-state index contributed by atoms with van der Waals surface area (Å²) >= 11 is 0. The Hall–Kier alpha value is -3.80. The molecule has 2 amide bonds. The summed E-state index contributed by atoms with van der Waals surface area (Å²) in [7, 11) is 1.45. The summed E-state index contributed by atoms with van der Waals surface area (Å²) < 4.78 is 56.2. The van der Waals surface area contributed by atoms with Crippen molar-refractivity contribution in [2.24, 2.45) is 11.3 Å². The molecular formula is C30H35F3N2O7. The molecule has 2 heterocycles. The van der Waals surface area contributed by atoms with Gasteiger partial charge < -0.3 is 29.1 Å². The number of piperidine rings is 1. The molecule has 0 radical (unpaired) electrons. The summed E-state index contributed by atoms with van der Waals surface area (Å²) in [5.74, 6) is -2.49. The van der Waals surface area contributed by atoms with Crippen LogP contribution in [0.4, 0.5) is 18.9 Å². The number of benzene rings is 2. The zero-order valence-corrected chi connectivity index (χ0v) is 23.9. The van der Waals surface area contributed by atoms with Crippen LogP contribution < -0.4 is 14.4 Å². The summed E-state index contributed by atoms with van der Waals surface area (Å²) in [6.07, 6.45) is -7.36. The SMILES string of the molecule is COc1ccc2c(c1)[C@H](c1ccccc1OC(F)(F)F)O[C@@H](CC(=O)N1CCC(C(=O)O)CC1)C(=O)N2CC(C)(C)C. The Kier molecular flexibility index (Phi) is 9.05. The molecule has 1 N–H and O–H groups in total. The van der Waals surface area contributed by atoms with Gasteiger partial charge in [0.25, 0.3) is 5.91 Å². The molecule has 2 atom stereocenters. The van der Waals surface area contributed by atoms with Gasteiger partial charge in [-0.3, -0.25) is 14.4 Å². The maximum atomic E-state index is 14.1. The van der Waals surface area contributed by atoms with E-state index in [4.69, 9.17) is 9.47 Å². The lowest BCUT2D eigenvalue weighted by molar-refractivity contribution is -0.275. The van der Waals surface area contributed by atoms with E-state index in [1.807, 2.05) is 20.8 Å². The van der Waals surface area contributed by atoms with Crippen LogP contribution in [0.25, 0.3) is 0 Å². The quantitative estimate of drug-likeness (QED) is 0.473. The van der Waals surface area contributed by atoms with Gasteiger partial charge in [-0.25, -0.2) is 0 Å². The number of fused-ring (bicyclic) bond motifs is 1. The molecule has 0 saturated carbocycles. The molecule has 2 aromatic rings. The Morgan fingerprint density at radius 2 is 1.71 bits per heavy atom. The molecule has 0 spiro atoms. The lowest BCUT2D eigenvalue weighted by Gasteiger charge is -2.33. The van der Waals surface area contributed by atoms with Gasteiger partial charge in [0.1, 0.15) is 23.7 Å². The molecule has 0 aliphatic carbocycles. The van der Waals surface area contributed by atoms with E-state index >= 15 is 0 Å². The number of halogens is 3. The molecule has 2 aliphatic heterocycles. The Morgan fingerprint density at radius 3 is 2.31 bits per heavy atom. The summed E-state index contributed by atoms with van der Waals surface area (Å²) in [5, 5.41) is 9.30. The average molecular weight is 593 g/mol. The van der Waals surface area contributed by atoms with E-state index in [1.165, 1.54) is 41.2 Å². The molecule has 0 unspecified atom stereocenters. The van der Waals surface area contributed by atoms with E-state index in [-0.39, 0.29) is 44.5 Å². The molecule has 9 nitrogen and oxygen atoms in total. The van der Waals surface area contributed by atoms with Gasteiger partial charge in [0.15, 0.2) is 0 Å². The van der Waals surface area contributed by atoms with Crippen molar-refractivity contribution in [3.05, 3.63) is 53.6 Å². The third-order valence-electron chi connectivity index (χ3n) is 7.27. The van der Waals surface area contributed by atoms with Crippen LogP contribution in [0, 0.1) is 11.3 Å². The van der Waals surface area contributed by atoms with Crippen molar-refractivity contribution in [2.45, 2.75) is 58.6 Å². The fourth-order valence-corrected chi connectivity index (χ4v) is 5.30. The number of aliphatic carboxylic acids is 1. The molecule has 228 valence electrons. The highest BCUT2D eigenvalue weighted by molar-refractivity contribution is 6.00. The normalized spacial score (nSPS) is 20.1. The first kappa shape index (κ1) is 31.1. The van der Waals surface area contributed by atoms with Gasteiger partial charge in [-0.1, -0.05) is 39.0 Å². The Morgan fingerprint density at radius 1 is 1.05 bits per heavy atom. The molecule has 1 saturated heterocycles. The van der Waals surface area contributed by atoms with E-state index in [9.17, 15) is 32.7 Å². The minimum Gasteiger partial charge on any atom is -0.497 e. The number of methoxy groups -OCH3 is 1. The molecule has 2 aliphatic rings. The molecule has 2 aromatic carbocycles. The topological polar surface area (TPSA) is 106 Å². The van der Waals surface area contributed by atoms with Crippen molar-refractivity contribution in [3.8, 4) is 11.5 Å². The number of alkyl halides is 3. The third-order valence-corrected chi connectivity index (χ3v) is 7.27. The second-order valence-electron chi connectivity index (χ2n) is 11.7. The van der Waals surface area contributed by atoms with Gasteiger partial charge in [0.2, 0.25) is 5.91 Å². The molecule has 12 heteroatoms. The number of nitrogens with zero attached hydrogens (tertiary/aromatic N) is 2. The van der Waals surface area contributed by atoms with Gasteiger partial charge in [-0.2, -0.15) is 0 Å². The largest absolute Gasteiger partial charge is 0.573 e. The van der Waals surface area contributed by atoms with E-state index < -0.39 is 53.4 Å². The zero-order chi connectivity index (χ0) is 30.8. The minimum atomic E-state index is -4.98. The standard InChI is InChI=1S/C30H35F3N2O7/c1-29(2,3)17-35-22-10-9-19(40-4)15-21(22)26(20-7-5-6-8-23(20)42-30(31,32)33)41-24(27(35)37)16-25(36)34-13-11-18(12-14-34)28(38)39/h5-10,15,18,24,26H,11-14,16-17H2,1-4H3,(H,38,39)/t24-,26-/m0/s1. The number of rotatable bonds is 7. The number of amides is 2. The fraction of sp³-hybridized carbons (Fsp3) is 0.500. The maximum Gasteiger partial charge on any atom is 0.573 e. The first-order valence-electron chi connectivity index (χ1n) is 13.7. The van der Waals surface area contributed by atoms with Crippen molar-refractivity contribution in [3.63, 3.8) is 0 Å². The van der Waals surface area contributed by atoms with E-state index in [2.05, 4.69) is 4.74 Å². The van der Waals surface area contributed by atoms with Gasteiger partial charge >= 0.3 is 12.3 Å². The lowest BCUT2D eigenvalue weighted by Crippen LogP contribution is -2.47. The van der Waals surface area contributed by atoms with Crippen molar-refractivity contribution in [1.29, 1.82) is 0 Å². The second kappa shape index (κ2) is 12.2. The van der Waals surface area contributed by atoms with Crippen LogP contribution in [0.15, 0.2) is 42.5 Å². The summed E-state index contributed by atoms with van der Waals surface area (Å²) in [5.41, 5.74) is 0.425. The van der Waals surface area contributed by atoms with Crippen LogP contribution in [0.5, 0.6) is 11.5 Å². The molecule has 0 aromatic heterocycles. The number of carbonyl (C=O) groups excluding carboxylic acids is 2. The zero-order valence-electron chi connectivity index (χ0n) is 23.9. The van der Waals surface area contributed by atoms with Crippen molar-refractivity contribution in [1.82, 2.24) is 4.90 Å². The molecular weight excluding hydrogens is 557 g/mol. The number of hydrogen-bond acceptors (Lipinski definition) is 6. The molecule has 42 heavy (non-hydrogen) atoms. The highest BCUT2D eigenvalue weighted by atomic mass is 19.4. The number of para-hydroxylation sites is 1. The van der Waals surface area contributed by atoms with Crippen LogP contribution in [0.3, 0.4) is 0 Å². The Labute approximate surface area is 242 Å². The predicted octanol–water partition coefficient (Wildman–Crippen LogP) is 5.17. The van der Waals surface area contributed by atoms with Gasteiger partial charge in [0, 0.05) is 30.8 Å². The average Bonchev–Trinajstić information content (AvgIpc) is 3.02. The lowest BCUT2D eigenvalue weighted by atomic mass is 9.94. The number of likely N-dealkylation sites (tertiary alicyclic amines) is 1. The first-order valence-corrected chi connectivity index (χ1v) is 13.7. The fourth-order valence-electron chi connectivity index (χ4n) is 5.30. The van der Waals surface area contributed by atoms with E-state index in [1.54, 1.807) is 18.2 Å². The second-order valence-corrected chi connectivity index (χ2v) is 11.7. The minimum absolute atomic E-state index is 0.0226. The number of carbonyl (C=O) groups is 3. The molecule has 0 bridgehead atoms. The number of carboxylic acid groups (broad SMARTS) is 1. The first-order chi connectivity index (χ1) is 19.7.